The Morgan fingerprint density at radius 3 is 2.43 bits per heavy atom. The van der Waals surface area contributed by atoms with Crippen LogP contribution in [-0.2, 0) is 22.5 Å². The molecule has 1 aliphatic heterocycles. The van der Waals surface area contributed by atoms with Gasteiger partial charge in [-0.05, 0) is 68.1 Å². The maximum absolute atomic E-state index is 13.6. The third kappa shape index (κ3) is 7.20. The van der Waals surface area contributed by atoms with Gasteiger partial charge in [0.2, 0.25) is 5.91 Å². The zero-order valence-electron chi connectivity index (χ0n) is 20.0. The van der Waals surface area contributed by atoms with E-state index in [-0.39, 0.29) is 24.5 Å². The van der Waals surface area contributed by atoms with Gasteiger partial charge in [0.15, 0.2) is 0 Å². The van der Waals surface area contributed by atoms with Gasteiger partial charge in [-0.15, -0.1) is 0 Å². The number of ether oxygens (including phenoxy) is 1. The Labute approximate surface area is 211 Å². The van der Waals surface area contributed by atoms with E-state index in [1.54, 1.807) is 34.1 Å². The van der Waals surface area contributed by atoms with Gasteiger partial charge in [-0.3, -0.25) is 9.59 Å². The SMILES string of the molecule is Cc1ccc(CN(CCc2ccccc2)C(=O)CN(C[C@H]2CCCO2)C(=O)c2ccc(Cl)cc2)o1. The molecule has 0 aliphatic carbocycles. The van der Waals surface area contributed by atoms with Crippen LogP contribution in [-0.4, -0.2) is 54.0 Å². The molecule has 0 spiro atoms. The van der Waals surface area contributed by atoms with Gasteiger partial charge in [0.25, 0.3) is 5.91 Å². The third-order valence-electron chi connectivity index (χ3n) is 6.16. The molecular formula is C28H31ClN2O4. The Bertz CT molecular complexity index is 1110. The second-order valence-electron chi connectivity index (χ2n) is 8.89. The minimum atomic E-state index is -0.206. The van der Waals surface area contributed by atoms with Crippen molar-refractivity contribution >= 4 is 23.4 Å². The molecule has 6 nitrogen and oxygen atoms in total. The first-order chi connectivity index (χ1) is 17.0. The minimum absolute atomic E-state index is 0.0319. The molecule has 1 atom stereocenters. The Balaban J connectivity index is 1.51. The number of carbonyl (C=O) groups excluding carboxylic acids is 2. The zero-order valence-corrected chi connectivity index (χ0v) is 20.7. The Kier molecular flexibility index (Phi) is 8.61. The van der Waals surface area contributed by atoms with Gasteiger partial charge < -0.3 is 19.0 Å². The van der Waals surface area contributed by atoms with E-state index in [4.69, 9.17) is 20.8 Å². The Morgan fingerprint density at radius 2 is 1.77 bits per heavy atom. The van der Waals surface area contributed by atoms with E-state index >= 15 is 0 Å². The number of hydrogen-bond donors (Lipinski definition) is 0. The van der Waals surface area contributed by atoms with Gasteiger partial charge in [-0.2, -0.15) is 0 Å². The summed E-state index contributed by atoms with van der Waals surface area (Å²) in [6.07, 6.45) is 2.48. The van der Waals surface area contributed by atoms with Crippen molar-refractivity contribution in [3.8, 4) is 0 Å². The van der Waals surface area contributed by atoms with Crippen molar-refractivity contribution in [1.82, 2.24) is 9.80 Å². The number of hydrogen-bond acceptors (Lipinski definition) is 4. The first-order valence-corrected chi connectivity index (χ1v) is 12.4. The largest absolute Gasteiger partial charge is 0.464 e. The molecule has 35 heavy (non-hydrogen) atoms. The van der Waals surface area contributed by atoms with Crippen LogP contribution in [0.5, 0.6) is 0 Å². The molecule has 2 heterocycles. The van der Waals surface area contributed by atoms with Crippen LogP contribution in [0.25, 0.3) is 0 Å². The molecular weight excluding hydrogens is 464 g/mol. The van der Waals surface area contributed by atoms with Crippen LogP contribution in [0, 0.1) is 6.92 Å². The van der Waals surface area contributed by atoms with E-state index in [0.717, 1.165) is 29.9 Å². The molecule has 7 heteroatoms. The number of amides is 2. The highest BCUT2D eigenvalue weighted by molar-refractivity contribution is 6.30. The summed E-state index contributed by atoms with van der Waals surface area (Å²) in [4.78, 5) is 30.3. The molecule has 2 amide bonds. The number of carbonyl (C=O) groups is 2. The van der Waals surface area contributed by atoms with Crippen LogP contribution in [0.4, 0.5) is 0 Å². The van der Waals surface area contributed by atoms with Crippen molar-refractivity contribution in [1.29, 1.82) is 0 Å². The molecule has 0 unspecified atom stereocenters. The van der Waals surface area contributed by atoms with E-state index in [1.807, 2.05) is 49.4 Å². The van der Waals surface area contributed by atoms with Crippen molar-refractivity contribution in [3.05, 3.63) is 94.4 Å². The minimum Gasteiger partial charge on any atom is -0.464 e. The normalized spacial score (nSPS) is 15.2. The van der Waals surface area contributed by atoms with E-state index in [2.05, 4.69) is 0 Å². The van der Waals surface area contributed by atoms with Gasteiger partial charge in [0, 0.05) is 30.3 Å². The zero-order chi connectivity index (χ0) is 24.6. The quantitative estimate of drug-likeness (QED) is 0.392. The highest BCUT2D eigenvalue weighted by Crippen LogP contribution is 2.18. The van der Waals surface area contributed by atoms with Gasteiger partial charge in [-0.1, -0.05) is 41.9 Å². The predicted molar refractivity (Wildman–Crippen MR) is 135 cm³/mol. The average molecular weight is 495 g/mol. The van der Waals surface area contributed by atoms with Crippen molar-refractivity contribution in [3.63, 3.8) is 0 Å². The smallest absolute Gasteiger partial charge is 0.254 e. The molecule has 0 radical (unpaired) electrons. The van der Waals surface area contributed by atoms with Gasteiger partial charge in [0.1, 0.15) is 18.1 Å². The lowest BCUT2D eigenvalue weighted by Gasteiger charge is -2.29. The lowest BCUT2D eigenvalue weighted by molar-refractivity contribution is -0.133. The topological polar surface area (TPSA) is 63.0 Å². The first-order valence-electron chi connectivity index (χ1n) is 12.0. The number of benzene rings is 2. The van der Waals surface area contributed by atoms with E-state index < -0.39 is 0 Å². The second-order valence-corrected chi connectivity index (χ2v) is 9.33. The summed E-state index contributed by atoms with van der Waals surface area (Å²) < 4.78 is 11.5. The summed E-state index contributed by atoms with van der Waals surface area (Å²) in [5.74, 6) is 1.18. The lowest BCUT2D eigenvalue weighted by Crippen LogP contribution is -2.46. The summed E-state index contributed by atoms with van der Waals surface area (Å²) in [5, 5.41) is 0.559. The van der Waals surface area contributed by atoms with Crippen molar-refractivity contribution in [2.45, 2.75) is 38.8 Å². The van der Waals surface area contributed by atoms with Crippen LogP contribution < -0.4 is 0 Å². The molecule has 3 aromatic rings. The highest BCUT2D eigenvalue weighted by atomic mass is 35.5. The van der Waals surface area contributed by atoms with E-state index in [1.165, 1.54) is 0 Å². The van der Waals surface area contributed by atoms with Crippen LogP contribution in [0.15, 0.2) is 71.1 Å². The van der Waals surface area contributed by atoms with Crippen LogP contribution in [0.2, 0.25) is 5.02 Å². The number of nitrogens with zero attached hydrogens (tertiary/aromatic N) is 2. The molecule has 1 fully saturated rings. The number of aryl methyl sites for hydroxylation is 1. The first kappa shape index (κ1) is 25.0. The Morgan fingerprint density at radius 1 is 1.00 bits per heavy atom. The molecule has 1 aromatic heterocycles. The molecule has 0 N–H and O–H groups in total. The Hall–Kier alpha value is -3.09. The monoisotopic (exact) mass is 494 g/mol. The molecule has 1 saturated heterocycles. The molecule has 2 aromatic carbocycles. The number of rotatable bonds is 10. The van der Waals surface area contributed by atoms with Crippen molar-refractivity contribution < 1.29 is 18.7 Å². The van der Waals surface area contributed by atoms with Crippen LogP contribution in [0.3, 0.4) is 0 Å². The third-order valence-corrected chi connectivity index (χ3v) is 6.41. The fourth-order valence-electron chi connectivity index (χ4n) is 4.25. The average Bonchev–Trinajstić information content (AvgIpc) is 3.53. The summed E-state index contributed by atoms with van der Waals surface area (Å²) in [6.45, 7) is 3.78. The number of furan rings is 1. The second kappa shape index (κ2) is 12.0. The predicted octanol–water partition coefficient (Wildman–Crippen LogP) is 5.13. The van der Waals surface area contributed by atoms with Crippen LogP contribution in [0.1, 0.15) is 40.3 Å². The fraction of sp³-hybridized carbons (Fsp3) is 0.357. The maximum atomic E-state index is 13.6. The van der Waals surface area contributed by atoms with Gasteiger partial charge >= 0.3 is 0 Å². The molecule has 1 aliphatic rings. The highest BCUT2D eigenvalue weighted by Gasteiger charge is 2.27. The maximum Gasteiger partial charge on any atom is 0.254 e. The van der Waals surface area contributed by atoms with Crippen molar-refractivity contribution in [2.75, 3.05) is 26.2 Å². The molecule has 4 rings (SSSR count). The number of halogens is 1. The molecule has 0 saturated carbocycles. The van der Waals surface area contributed by atoms with E-state index in [9.17, 15) is 9.59 Å². The lowest BCUT2D eigenvalue weighted by atomic mass is 10.1. The summed E-state index contributed by atoms with van der Waals surface area (Å²) in [5.41, 5.74) is 1.65. The fourth-order valence-corrected chi connectivity index (χ4v) is 4.38. The van der Waals surface area contributed by atoms with E-state index in [0.29, 0.717) is 43.2 Å². The molecule has 0 bridgehead atoms. The van der Waals surface area contributed by atoms with Gasteiger partial charge in [0.05, 0.1) is 12.6 Å². The van der Waals surface area contributed by atoms with Crippen molar-refractivity contribution in [2.24, 2.45) is 0 Å². The summed E-state index contributed by atoms with van der Waals surface area (Å²) in [7, 11) is 0. The van der Waals surface area contributed by atoms with Gasteiger partial charge in [-0.25, -0.2) is 0 Å². The standard InChI is InChI=1S/C28H31ClN2O4/c1-21-9-14-26(35-21)19-30(16-15-22-6-3-2-4-7-22)27(32)20-31(18-25-8-5-17-34-25)28(33)23-10-12-24(29)13-11-23/h2-4,6-7,9-14,25H,5,8,15-20H2,1H3/t25-/m1/s1. The summed E-state index contributed by atoms with van der Waals surface area (Å²) >= 11 is 6.01. The summed E-state index contributed by atoms with van der Waals surface area (Å²) in [6, 6.07) is 20.6. The molecule has 184 valence electrons. The van der Waals surface area contributed by atoms with Crippen LogP contribution >= 0.6 is 11.6 Å².